The molecular formula is C12H18N2OS. The molecule has 0 aromatic carbocycles. The predicted molar refractivity (Wildman–Crippen MR) is 64.8 cm³/mol. The molecule has 0 amide bonds. The predicted octanol–water partition coefficient (Wildman–Crippen LogP) is 2.29. The minimum Gasteiger partial charge on any atom is -0.381 e. The Balaban J connectivity index is 1.49. The van der Waals surface area contributed by atoms with Crippen LogP contribution in [0.5, 0.6) is 0 Å². The van der Waals surface area contributed by atoms with E-state index < -0.39 is 0 Å². The summed E-state index contributed by atoms with van der Waals surface area (Å²) < 4.78 is 5.34. The molecule has 3 rings (SSSR count). The largest absolute Gasteiger partial charge is 0.381 e. The zero-order chi connectivity index (χ0) is 10.8. The van der Waals surface area contributed by atoms with Crippen molar-refractivity contribution >= 4 is 11.3 Å². The highest BCUT2D eigenvalue weighted by atomic mass is 32.1. The van der Waals surface area contributed by atoms with Gasteiger partial charge in [0.25, 0.3) is 0 Å². The van der Waals surface area contributed by atoms with Crippen LogP contribution in [0.1, 0.15) is 42.3 Å². The van der Waals surface area contributed by atoms with E-state index in [4.69, 9.17) is 4.74 Å². The van der Waals surface area contributed by atoms with Crippen LogP contribution in [0.3, 0.4) is 0 Å². The van der Waals surface area contributed by atoms with Crippen LogP contribution in [0.2, 0.25) is 0 Å². The Kier molecular flexibility index (Phi) is 3.22. The molecule has 2 heterocycles. The molecule has 1 aliphatic carbocycles. The molecule has 2 aliphatic rings. The number of ether oxygens (including phenoxy) is 1. The van der Waals surface area contributed by atoms with Crippen LogP contribution in [0.25, 0.3) is 0 Å². The lowest BCUT2D eigenvalue weighted by Crippen LogP contribution is -2.34. The molecule has 1 aromatic heterocycles. The van der Waals surface area contributed by atoms with Crippen LogP contribution < -0.4 is 5.32 Å². The number of rotatable bonds is 4. The van der Waals surface area contributed by atoms with Crippen molar-refractivity contribution in [1.29, 1.82) is 0 Å². The van der Waals surface area contributed by atoms with Gasteiger partial charge in [0.1, 0.15) is 0 Å². The third kappa shape index (κ3) is 2.62. The minimum absolute atomic E-state index is 0.625. The summed E-state index contributed by atoms with van der Waals surface area (Å²) in [5.74, 6) is 0.793. The van der Waals surface area contributed by atoms with Crippen molar-refractivity contribution in [3.8, 4) is 0 Å². The molecule has 0 spiro atoms. The van der Waals surface area contributed by atoms with E-state index in [0.717, 1.165) is 38.5 Å². The Morgan fingerprint density at radius 2 is 2.12 bits per heavy atom. The summed E-state index contributed by atoms with van der Waals surface area (Å²) in [7, 11) is 0. The Labute approximate surface area is 100 Å². The molecule has 1 saturated heterocycles. The van der Waals surface area contributed by atoms with E-state index in [-0.39, 0.29) is 0 Å². The van der Waals surface area contributed by atoms with E-state index in [1.807, 2.05) is 11.3 Å². The van der Waals surface area contributed by atoms with E-state index >= 15 is 0 Å². The van der Waals surface area contributed by atoms with Gasteiger partial charge in [0.05, 0.1) is 10.7 Å². The van der Waals surface area contributed by atoms with Gasteiger partial charge in [-0.05, 0) is 25.7 Å². The molecule has 0 atom stereocenters. The molecule has 2 fully saturated rings. The summed E-state index contributed by atoms with van der Waals surface area (Å²) in [5.41, 5.74) is 1.22. The maximum absolute atomic E-state index is 5.34. The fourth-order valence-corrected chi connectivity index (χ4v) is 3.06. The lowest BCUT2D eigenvalue weighted by atomic mass is 10.1. The first-order valence-electron chi connectivity index (χ1n) is 6.17. The molecule has 0 radical (unpaired) electrons. The van der Waals surface area contributed by atoms with Gasteiger partial charge in [-0.3, -0.25) is 0 Å². The maximum Gasteiger partial charge on any atom is 0.0959 e. The topological polar surface area (TPSA) is 34.2 Å². The molecule has 1 aliphatic heterocycles. The van der Waals surface area contributed by atoms with Crippen molar-refractivity contribution in [1.82, 2.24) is 10.3 Å². The zero-order valence-electron chi connectivity index (χ0n) is 9.45. The normalized spacial score (nSPS) is 22.5. The lowest BCUT2D eigenvalue weighted by Gasteiger charge is -2.22. The van der Waals surface area contributed by atoms with Crippen molar-refractivity contribution in [3.63, 3.8) is 0 Å². The minimum atomic E-state index is 0.625. The molecular weight excluding hydrogens is 220 g/mol. The fourth-order valence-electron chi connectivity index (χ4n) is 2.07. The van der Waals surface area contributed by atoms with Crippen LogP contribution in [0, 0.1) is 0 Å². The van der Waals surface area contributed by atoms with Crippen LogP contribution in [0.15, 0.2) is 5.38 Å². The summed E-state index contributed by atoms with van der Waals surface area (Å²) in [6.45, 7) is 2.73. The van der Waals surface area contributed by atoms with Gasteiger partial charge in [0.2, 0.25) is 0 Å². The van der Waals surface area contributed by atoms with Gasteiger partial charge in [0, 0.05) is 37.1 Å². The van der Waals surface area contributed by atoms with Gasteiger partial charge < -0.3 is 10.1 Å². The first kappa shape index (κ1) is 10.7. The molecule has 16 heavy (non-hydrogen) atoms. The molecule has 1 N–H and O–H groups in total. The van der Waals surface area contributed by atoms with Gasteiger partial charge in [0.15, 0.2) is 0 Å². The first-order valence-corrected chi connectivity index (χ1v) is 7.05. The lowest BCUT2D eigenvalue weighted by molar-refractivity contribution is 0.0775. The second-order valence-electron chi connectivity index (χ2n) is 4.72. The number of nitrogens with zero attached hydrogens (tertiary/aromatic N) is 1. The summed E-state index contributed by atoms with van der Waals surface area (Å²) in [6.07, 6.45) is 4.97. The SMILES string of the molecule is c1sc(C2CC2)nc1CNC1CCOCC1. The molecule has 1 saturated carbocycles. The molecule has 0 bridgehead atoms. The molecule has 4 heteroatoms. The second kappa shape index (κ2) is 4.82. The maximum atomic E-state index is 5.34. The quantitative estimate of drug-likeness (QED) is 0.874. The fraction of sp³-hybridized carbons (Fsp3) is 0.750. The average molecular weight is 238 g/mol. The molecule has 3 nitrogen and oxygen atoms in total. The van der Waals surface area contributed by atoms with Crippen LogP contribution in [-0.2, 0) is 11.3 Å². The Morgan fingerprint density at radius 1 is 1.31 bits per heavy atom. The van der Waals surface area contributed by atoms with Crippen molar-refractivity contribution in [2.45, 2.75) is 44.2 Å². The number of hydrogen-bond donors (Lipinski definition) is 1. The van der Waals surface area contributed by atoms with Gasteiger partial charge in [-0.2, -0.15) is 0 Å². The van der Waals surface area contributed by atoms with Crippen molar-refractivity contribution < 1.29 is 4.74 Å². The number of thiazole rings is 1. The van der Waals surface area contributed by atoms with Crippen molar-refractivity contribution in [3.05, 3.63) is 16.1 Å². The third-order valence-corrected chi connectivity index (χ3v) is 4.35. The van der Waals surface area contributed by atoms with Crippen LogP contribution in [-0.4, -0.2) is 24.2 Å². The van der Waals surface area contributed by atoms with Gasteiger partial charge >= 0.3 is 0 Å². The second-order valence-corrected chi connectivity index (χ2v) is 5.61. The van der Waals surface area contributed by atoms with E-state index in [9.17, 15) is 0 Å². The van der Waals surface area contributed by atoms with Crippen LogP contribution in [0.4, 0.5) is 0 Å². The van der Waals surface area contributed by atoms with Gasteiger partial charge in [-0.15, -0.1) is 11.3 Å². The first-order chi connectivity index (χ1) is 7.92. The summed E-state index contributed by atoms with van der Waals surface area (Å²) in [6, 6.07) is 0.625. The van der Waals surface area contributed by atoms with Crippen LogP contribution >= 0.6 is 11.3 Å². The Hall–Kier alpha value is -0.450. The Morgan fingerprint density at radius 3 is 2.88 bits per heavy atom. The number of nitrogens with one attached hydrogen (secondary N) is 1. The Bertz CT molecular complexity index is 343. The van der Waals surface area contributed by atoms with Crippen molar-refractivity contribution in [2.75, 3.05) is 13.2 Å². The van der Waals surface area contributed by atoms with Crippen molar-refractivity contribution in [2.24, 2.45) is 0 Å². The highest BCUT2D eigenvalue weighted by Gasteiger charge is 2.26. The highest BCUT2D eigenvalue weighted by molar-refractivity contribution is 7.09. The number of hydrogen-bond acceptors (Lipinski definition) is 4. The highest BCUT2D eigenvalue weighted by Crippen LogP contribution is 2.41. The molecule has 0 unspecified atom stereocenters. The molecule has 88 valence electrons. The number of aromatic nitrogens is 1. The smallest absolute Gasteiger partial charge is 0.0959 e. The van der Waals surface area contributed by atoms with Gasteiger partial charge in [-0.1, -0.05) is 0 Å². The zero-order valence-corrected chi connectivity index (χ0v) is 10.3. The monoisotopic (exact) mass is 238 g/mol. The summed E-state index contributed by atoms with van der Waals surface area (Å²) in [4.78, 5) is 4.68. The van der Waals surface area contributed by atoms with Gasteiger partial charge in [-0.25, -0.2) is 4.98 Å². The third-order valence-electron chi connectivity index (χ3n) is 3.29. The summed E-state index contributed by atoms with van der Waals surface area (Å²) in [5, 5.41) is 7.13. The van der Waals surface area contributed by atoms with E-state index in [0.29, 0.717) is 6.04 Å². The van der Waals surface area contributed by atoms with E-state index in [1.54, 1.807) is 0 Å². The molecule has 1 aromatic rings. The van der Waals surface area contributed by atoms with E-state index in [2.05, 4.69) is 15.7 Å². The van der Waals surface area contributed by atoms with E-state index in [1.165, 1.54) is 23.5 Å². The summed E-state index contributed by atoms with van der Waals surface area (Å²) >= 11 is 1.83. The standard InChI is InChI=1S/C12H18N2OS/c1-2-9(1)12-14-11(8-16-12)7-13-10-3-5-15-6-4-10/h8-10,13H,1-7H2. The average Bonchev–Trinajstić information content (AvgIpc) is 3.08.